The van der Waals surface area contributed by atoms with Gasteiger partial charge in [0, 0.05) is 0 Å². The quantitative estimate of drug-likeness (QED) is 0.530. The van der Waals surface area contributed by atoms with E-state index < -0.39 is 0 Å². The number of ether oxygens (including phenoxy) is 2. The van der Waals surface area contributed by atoms with Gasteiger partial charge >= 0.3 is 5.97 Å². The van der Waals surface area contributed by atoms with E-state index in [1.54, 1.807) is 0 Å². The highest BCUT2D eigenvalue weighted by Gasteiger charge is 2.22. The predicted molar refractivity (Wildman–Crippen MR) is 67.8 cm³/mol. The van der Waals surface area contributed by atoms with Crippen LogP contribution in [0.4, 0.5) is 0 Å². The van der Waals surface area contributed by atoms with Gasteiger partial charge in [-0.15, -0.1) is 0 Å². The van der Waals surface area contributed by atoms with Crippen molar-refractivity contribution in [1.82, 2.24) is 0 Å². The molecule has 0 aromatic carbocycles. The minimum absolute atomic E-state index is 0.0227. The van der Waals surface area contributed by atoms with Crippen molar-refractivity contribution in [2.24, 2.45) is 11.8 Å². The summed E-state index contributed by atoms with van der Waals surface area (Å²) >= 11 is 0. The van der Waals surface area contributed by atoms with Gasteiger partial charge in [0.2, 0.25) is 0 Å². The lowest BCUT2D eigenvalue weighted by Gasteiger charge is -2.20. The molecule has 100 valence electrons. The zero-order valence-electron chi connectivity index (χ0n) is 11.4. The average Bonchev–Trinajstić information content (AvgIpc) is 2.35. The van der Waals surface area contributed by atoms with Gasteiger partial charge in [0.1, 0.15) is 6.61 Å². The number of hydrogen-bond acceptors (Lipinski definition) is 3. The van der Waals surface area contributed by atoms with Gasteiger partial charge in [0.15, 0.2) is 0 Å². The normalized spacial score (nSPS) is 19.3. The van der Waals surface area contributed by atoms with Gasteiger partial charge in [-0.1, -0.05) is 33.1 Å². The summed E-state index contributed by atoms with van der Waals surface area (Å²) in [6, 6.07) is 0. The van der Waals surface area contributed by atoms with Gasteiger partial charge < -0.3 is 9.47 Å². The highest BCUT2D eigenvalue weighted by Crippen LogP contribution is 2.24. The Hall–Kier alpha value is -0.570. The molecular weight excluding hydrogens is 216 g/mol. The van der Waals surface area contributed by atoms with Crippen LogP contribution in [0.25, 0.3) is 0 Å². The third kappa shape index (κ3) is 5.53. The monoisotopic (exact) mass is 242 g/mol. The largest absolute Gasteiger partial charge is 0.463 e. The summed E-state index contributed by atoms with van der Waals surface area (Å²) in [6.45, 7) is 7.20. The smallest absolute Gasteiger partial charge is 0.309 e. The zero-order chi connectivity index (χ0) is 12.7. The van der Waals surface area contributed by atoms with Crippen molar-refractivity contribution in [3.63, 3.8) is 0 Å². The van der Waals surface area contributed by atoms with E-state index in [-0.39, 0.29) is 18.0 Å². The summed E-state index contributed by atoms with van der Waals surface area (Å²) in [7, 11) is 0. The Morgan fingerprint density at radius 2 is 1.76 bits per heavy atom. The second kappa shape index (κ2) is 7.70. The molecule has 1 aliphatic rings. The molecule has 0 aromatic rings. The Balaban J connectivity index is 2.07. The third-order valence-corrected chi connectivity index (χ3v) is 3.59. The molecule has 0 N–H and O–H groups in total. The van der Waals surface area contributed by atoms with E-state index in [1.165, 1.54) is 19.3 Å². The molecule has 0 bridgehead atoms. The molecule has 0 radical (unpaired) electrons. The Morgan fingerprint density at radius 1 is 1.12 bits per heavy atom. The van der Waals surface area contributed by atoms with Crippen molar-refractivity contribution >= 4 is 5.97 Å². The molecule has 0 aliphatic heterocycles. The third-order valence-electron chi connectivity index (χ3n) is 3.59. The molecule has 3 nitrogen and oxygen atoms in total. The summed E-state index contributed by atoms with van der Waals surface area (Å²) in [5.41, 5.74) is 0. The van der Waals surface area contributed by atoms with Crippen LogP contribution in [0.3, 0.4) is 0 Å². The first-order valence-corrected chi connectivity index (χ1v) is 6.89. The second-order valence-electron chi connectivity index (χ2n) is 5.32. The van der Waals surface area contributed by atoms with Crippen molar-refractivity contribution in [1.29, 1.82) is 0 Å². The number of esters is 1. The molecule has 1 atom stereocenters. The number of hydrogen-bond donors (Lipinski definition) is 0. The molecule has 17 heavy (non-hydrogen) atoms. The van der Waals surface area contributed by atoms with E-state index in [1.807, 2.05) is 6.92 Å². The fourth-order valence-electron chi connectivity index (χ4n) is 2.02. The minimum Gasteiger partial charge on any atom is -0.463 e. The number of carbonyl (C=O) groups excluding carboxylic acids is 1. The second-order valence-corrected chi connectivity index (χ2v) is 5.32. The van der Waals surface area contributed by atoms with Gasteiger partial charge in [-0.05, 0) is 25.7 Å². The number of rotatable bonds is 6. The van der Waals surface area contributed by atoms with Crippen molar-refractivity contribution in [2.75, 3.05) is 13.2 Å². The Bertz CT molecular complexity index is 220. The minimum atomic E-state index is -0.0227. The van der Waals surface area contributed by atoms with Gasteiger partial charge in [0.05, 0.1) is 18.6 Å². The van der Waals surface area contributed by atoms with Crippen LogP contribution in [0.2, 0.25) is 0 Å². The van der Waals surface area contributed by atoms with Crippen LogP contribution in [-0.2, 0) is 14.3 Å². The molecule has 0 heterocycles. The van der Waals surface area contributed by atoms with Gasteiger partial charge in [-0.3, -0.25) is 4.79 Å². The Labute approximate surface area is 105 Å². The van der Waals surface area contributed by atoms with Crippen molar-refractivity contribution in [2.45, 2.75) is 59.0 Å². The molecule has 0 spiro atoms. The Kier molecular flexibility index (Phi) is 6.56. The van der Waals surface area contributed by atoms with E-state index in [0.29, 0.717) is 19.1 Å². The lowest BCUT2D eigenvalue weighted by Crippen LogP contribution is -2.23. The topological polar surface area (TPSA) is 35.5 Å². The summed E-state index contributed by atoms with van der Waals surface area (Å²) in [6.07, 6.45) is 5.83. The van der Waals surface area contributed by atoms with Crippen LogP contribution in [0.1, 0.15) is 52.9 Å². The maximum absolute atomic E-state index is 11.7. The van der Waals surface area contributed by atoms with Gasteiger partial charge in [-0.25, -0.2) is 0 Å². The van der Waals surface area contributed by atoms with Crippen molar-refractivity contribution < 1.29 is 14.3 Å². The summed E-state index contributed by atoms with van der Waals surface area (Å²) in [5.74, 6) is 0.626. The highest BCUT2D eigenvalue weighted by atomic mass is 16.6. The molecule has 1 rings (SSSR count). The first kappa shape index (κ1) is 14.5. The molecule has 1 aliphatic carbocycles. The van der Waals surface area contributed by atoms with Crippen molar-refractivity contribution in [3.05, 3.63) is 0 Å². The molecule has 3 heteroatoms. The van der Waals surface area contributed by atoms with Crippen LogP contribution < -0.4 is 0 Å². The zero-order valence-corrected chi connectivity index (χ0v) is 11.4. The lowest BCUT2D eigenvalue weighted by atomic mass is 9.89. The first-order chi connectivity index (χ1) is 8.11. The molecule has 0 amide bonds. The predicted octanol–water partition coefficient (Wildman–Crippen LogP) is 3.17. The van der Waals surface area contributed by atoms with Crippen molar-refractivity contribution in [3.8, 4) is 0 Å². The molecule has 1 unspecified atom stereocenters. The van der Waals surface area contributed by atoms with Crippen LogP contribution >= 0.6 is 0 Å². The summed E-state index contributed by atoms with van der Waals surface area (Å²) in [5, 5.41) is 0. The van der Waals surface area contributed by atoms with Crippen LogP contribution in [-0.4, -0.2) is 25.3 Å². The molecular formula is C14H26O3. The maximum atomic E-state index is 11.7. The summed E-state index contributed by atoms with van der Waals surface area (Å²) in [4.78, 5) is 11.7. The van der Waals surface area contributed by atoms with E-state index in [2.05, 4.69) is 13.8 Å². The van der Waals surface area contributed by atoms with Crippen LogP contribution in [0.5, 0.6) is 0 Å². The van der Waals surface area contributed by atoms with Crippen LogP contribution in [0, 0.1) is 11.8 Å². The maximum Gasteiger partial charge on any atom is 0.309 e. The highest BCUT2D eigenvalue weighted by molar-refractivity contribution is 5.72. The SMILES string of the molecule is CC(C)C(C)OCCOC(=O)C1CCCCC1. The summed E-state index contributed by atoms with van der Waals surface area (Å²) < 4.78 is 10.8. The fourth-order valence-corrected chi connectivity index (χ4v) is 2.02. The van der Waals surface area contributed by atoms with Gasteiger partial charge in [0.25, 0.3) is 0 Å². The molecule has 0 saturated heterocycles. The standard InChI is InChI=1S/C14H26O3/c1-11(2)12(3)16-9-10-17-14(15)13-7-5-4-6-8-13/h11-13H,4-10H2,1-3H3. The average molecular weight is 242 g/mol. The number of carbonyl (C=O) groups is 1. The van der Waals surface area contributed by atoms with Gasteiger partial charge in [-0.2, -0.15) is 0 Å². The molecule has 1 fully saturated rings. The van der Waals surface area contributed by atoms with Crippen LogP contribution in [0.15, 0.2) is 0 Å². The van der Waals surface area contributed by atoms with E-state index in [9.17, 15) is 4.79 Å². The van der Waals surface area contributed by atoms with E-state index in [0.717, 1.165) is 12.8 Å². The van der Waals surface area contributed by atoms with E-state index >= 15 is 0 Å². The molecule has 0 aromatic heterocycles. The molecule has 1 saturated carbocycles. The lowest BCUT2D eigenvalue weighted by molar-refractivity contribution is -0.152. The fraction of sp³-hybridized carbons (Fsp3) is 0.929. The Morgan fingerprint density at radius 3 is 2.35 bits per heavy atom. The van der Waals surface area contributed by atoms with E-state index in [4.69, 9.17) is 9.47 Å². The first-order valence-electron chi connectivity index (χ1n) is 6.89.